The van der Waals surface area contributed by atoms with Gasteiger partial charge in [0, 0.05) is 25.3 Å². The summed E-state index contributed by atoms with van der Waals surface area (Å²) in [6.45, 7) is 0.685. The lowest BCUT2D eigenvalue weighted by molar-refractivity contribution is -0.135. The molecular weight excluding hydrogens is 366 g/mol. The molecule has 0 bridgehead atoms. The number of anilines is 1. The number of hydrogen-bond donors (Lipinski definition) is 3. The van der Waals surface area contributed by atoms with E-state index < -0.39 is 11.8 Å². The Balaban J connectivity index is 1.83. The number of halogens is 2. The van der Waals surface area contributed by atoms with Gasteiger partial charge in [-0.05, 0) is 61.2 Å². The van der Waals surface area contributed by atoms with Gasteiger partial charge >= 0.3 is 0 Å². The Labute approximate surface area is 163 Å². The molecule has 0 heterocycles. The van der Waals surface area contributed by atoms with Crippen LogP contribution in [0.15, 0.2) is 48.5 Å². The van der Waals surface area contributed by atoms with Crippen LogP contribution in [0, 0.1) is 17.6 Å². The lowest BCUT2D eigenvalue weighted by Gasteiger charge is -2.22. The Morgan fingerprint density at radius 2 is 1.64 bits per heavy atom. The standard InChI is InChI=1S/C21H26F2N2O3/c1-28-20(15-5-7-17(22)8-6-15)14-16(21(26)25-27)4-2-3-13-24-19-11-9-18(23)10-12-19/h5-12,16,20,24,27H,2-4,13-14H2,1H3,(H,25,26)/t16-,20+/m0/s1. The van der Waals surface area contributed by atoms with Crippen LogP contribution in [0.5, 0.6) is 0 Å². The van der Waals surface area contributed by atoms with E-state index in [2.05, 4.69) is 5.32 Å². The number of hydroxylamine groups is 1. The third-order valence-corrected chi connectivity index (χ3v) is 4.66. The Morgan fingerprint density at radius 3 is 2.21 bits per heavy atom. The molecule has 0 aliphatic heterocycles. The highest BCUT2D eigenvalue weighted by molar-refractivity contribution is 5.77. The van der Waals surface area contributed by atoms with Gasteiger partial charge in [-0.3, -0.25) is 10.0 Å². The number of methoxy groups -OCH3 is 1. The van der Waals surface area contributed by atoms with Gasteiger partial charge in [0.1, 0.15) is 11.6 Å². The van der Waals surface area contributed by atoms with Crippen molar-refractivity contribution in [2.24, 2.45) is 5.92 Å². The molecule has 2 aromatic rings. The first-order valence-corrected chi connectivity index (χ1v) is 9.25. The van der Waals surface area contributed by atoms with Gasteiger partial charge in [-0.25, -0.2) is 14.3 Å². The van der Waals surface area contributed by atoms with Crippen LogP contribution in [0.1, 0.15) is 37.4 Å². The fourth-order valence-electron chi connectivity index (χ4n) is 3.07. The van der Waals surface area contributed by atoms with Gasteiger partial charge < -0.3 is 10.1 Å². The van der Waals surface area contributed by atoms with Crippen LogP contribution in [0.2, 0.25) is 0 Å². The van der Waals surface area contributed by atoms with E-state index in [1.54, 1.807) is 29.7 Å². The number of rotatable bonds is 11. The van der Waals surface area contributed by atoms with E-state index in [1.165, 1.54) is 31.4 Å². The van der Waals surface area contributed by atoms with E-state index in [4.69, 9.17) is 9.94 Å². The second kappa shape index (κ2) is 11.4. The molecule has 0 aromatic heterocycles. The zero-order valence-corrected chi connectivity index (χ0v) is 15.8. The topological polar surface area (TPSA) is 70.6 Å². The van der Waals surface area contributed by atoms with Crippen molar-refractivity contribution in [3.8, 4) is 0 Å². The number of nitrogens with one attached hydrogen (secondary N) is 2. The Morgan fingerprint density at radius 1 is 1.04 bits per heavy atom. The largest absolute Gasteiger partial charge is 0.385 e. The van der Waals surface area contributed by atoms with Crippen molar-refractivity contribution in [3.05, 3.63) is 65.7 Å². The van der Waals surface area contributed by atoms with Crippen molar-refractivity contribution in [1.82, 2.24) is 5.48 Å². The minimum absolute atomic E-state index is 0.280. The average molecular weight is 392 g/mol. The molecule has 28 heavy (non-hydrogen) atoms. The maximum atomic E-state index is 13.1. The van der Waals surface area contributed by atoms with E-state index in [-0.39, 0.29) is 17.7 Å². The number of carbonyl (C=O) groups excluding carboxylic acids is 1. The third-order valence-electron chi connectivity index (χ3n) is 4.66. The molecular formula is C21H26F2N2O3. The Hall–Kier alpha value is -2.51. The van der Waals surface area contributed by atoms with Crippen LogP contribution < -0.4 is 10.8 Å². The van der Waals surface area contributed by atoms with Crippen molar-refractivity contribution < 1.29 is 23.5 Å². The summed E-state index contributed by atoms with van der Waals surface area (Å²) < 4.78 is 31.5. The Kier molecular flexibility index (Phi) is 8.84. The van der Waals surface area contributed by atoms with Crippen molar-refractivity contribution in [1.29, 1.82) is 0 Å². The van der Waals surface area contributed by atoms with E-state index in [0.717, 1.165) is 24.1 Å². The molecule has 3 N–H and O–H groups in total. The van der Waals surface area contributed by atoms with Crippen molar-refractivity contribution in [3.63, 3.8) is 0 Å². The molecule has 0 saturated heterocycles. The van der Waals surface area contributed by atoms with Crippen molar-refractivity contribution >= 4 is 11.6 Å². The molecule has 152 valence electrons. The van der Waals surface area contributed by atoms with Crippen LogP contribution in [-0.4, -0.2) is 24.8 Å². The molecule has 0 radical (unpaired) electrons. The summed E-state index contributed by atoms with van der Waals surface area (Å²) >= 11 is 0. The highest BCUT2D eigenvalue weighted by Crippen LogP contribution is 2.27. The van der Waals surface area contributed by atoms with Gasteiger partial charge in [0.2, 0.25) is 5.91 Å². The molecule has 2 atom stereocenters. The quantitative estimate of drug-likeness (QED) is 0.300. The lowest BCUT2D eigenvalue weighted by atomic mass is 9.91. The van der Waals surface area contributed by atoms with Gasteiger partial charge in [-0.2, -0.15) is 0 Å². The van der Waals surface area contributed by atoms with E-state index in [9.17, 15) is 13.6 Å². The summed E-state index contributed by atoms with van der Waals surface area (Å²) in [5.41, 5.74) is 3.33. The minimum Gasteiger partial charge on any atom is -0.385 e. The predicted molar refractivity (Wildman–Crippen MR) is 103 cm³/mol. The summed E-state index contributed by atoms with van der Waals surface area (Å²) in [7, 11) is 1.54. The molecule has 0 fully saturated rings. The predicted octanol–water partition coefficient (Wildman–Crippen LogP) is 4.45. The molecule has 7 heteroatoms. The zero-order chi connectivity index (χ0) is 20.4. The van der Waals surface area contributed by atoms with Gasteiger partial charge in [0.15, 0.2) is 0 Å². The van der Waals surface area contributed by atoms with Crippen LogP contribution >= 0.6 is 0 Å². The molecule has 2 aromatic carbocycles. The first-order valence-electron chi connectivity index (χ1n) is 9.25. The molecule has 0 unspecified atom stereocenters. The summed E-state index contributed by atoms with van der Waals surface area (Å²) in [6, 6.07) is 12.1. The normalized spacial score (nSPS) is 13.0. The van der Waals surface area contributed by atoms with Crippen LogP contribution in [0.25, 0.3) is 0 Å². The summed E-state index contributed by atoms with van der Waals surface area (Å²) in [5, 5.41) is 12.2. The lowest BCUT2D eigenvalue weighted by Crippen LogP contribution is -2.29. The molecule has 5 nitrogen and oxygen atoms in total. The second-order valence-corrected chi connectivity index (χ2v) is 6.61. The number of benzene rings is 2. The summed E-state index contributed by atoms with van der Waals surface area (Å²) in [5.74, 6) is -1.52. The fraction of sp³-hybridized carbons (Fsp3) is 0.381. The van der Waals surface area contributed by atoms with Gasteiger partial charge in [-0.15, -0.1) is 0 Å². The van der Waals surface area contributed by atoms with Gasteiger partial charge in [0.25, 0.3) is 0 Å². The maximum absolute atomic E-state index is 13.1. The van der Waals surface area contributed by atoms with Crippen LogP contribution in [0.3, 0.4) is 0 Å². The fourth-order valence-corrected chi connectivity index (χ4v) is 3.07. The first kappa shape index (κ1) is 21.8. The van der Waals surface area contributed by atoms with Crippen molar-refractivity contribution in [2.45, 2.75) is 31.8 Å². The summed E-state index contributed by atoms with van der Waals surface area (Å²) in [4.78, 5) is 12.0. The number of carbonyl (C=O) groups is 1. The second-order valence-electron chi connectivity index (χ2n) is 6.61. The van der Waals surface area contributed by atoms with E-state index in [0.29, 0.717) is 19.4 Å². The molecule has 0 aliphatic rings. The highest BCUT2D eigenvalue weighted by atomic mass is 19.1. The van der Waals surface area contributed by atoms with Gasteiger partial charge in [-0.1, -0.05) is 18.6 Å². The number of ether oxygens (including phenoxy) is 1. The molecule has 0 aliphatic carbocycles. The van der Waals surface area contributed by atoms with E-state index in [1.807, 2.05) is 0 Å². The average Bonchev–Trinajstić information content (AvgIpc) is 2.71. The number of unbranched alkanes of at least 4 members (excludes halogenated alkanes) is 1. The SMILES string of the molecule is CO[C@H](C[C@H](CCCCNc1ccc(F)cc1)C(=O)NO)c1ccc(F)cc1. The van der Waals surface area contributed by atoms with Crippen LogP contribution in [0.4, 0.5) is 14.5 Å². The summed E-state index contributed by atoms with van der Waals surface area (Å²) in [6.07, 6.45) is 2.13. The maximum Gasteiger partial charge on any atom is 0.246 e. The highest BCUT2D eigenvalue weighted by Gasteiger charge is 2.23. The van der Waals surface area contributed by atoms with Gasteiger partial charge in [0.05, 0.1) is 6.10 Å². The smallest absolute Gasteiger partial charge is 0.246 e. The first-order chi connectivity index (χ1) is 13.5. The monoisotopic (exact) mass is 392 g/mol. The zero-order valence-electron chi connectivity index (χ0n) is 15.8. The third kappa shape index (κ3) is 6.90. The minimum atomic E-state index is -0.462. The number of hydrogen-bond acceptors (Lipinski definition) is 4. The molecule has 2 rings (SSSR count). The van der Waals surface area contributed by atoms with E-state index >= 15 is 0 Å². The molecule has 0 saturated carbocycles. The molecule has 0 spiro atoms. The van der Waals surface area contributed by atoms with Crippen LogP contribution in [-0.2, 0) is 9.53 Å². The molecule has 1 amide bonds. The number of amides is 1. The Bertz CT molecular complexity index is 723. The van der Waals surface area contributed by atoms with Crippen molar-refractivity contribution in [2.75, 3.05) is 19.0 Å².